The number of ether oxygens (including phenoxy) is 1. The van der Waals surface area contributed by atoms with Crippen LogP contribution in [0.1, 0.15) is 40.0 Å². The second-order valence-corrected chi connectivity index (χ2v) is 12.8. The molecule has 38 heavy (non-hydrogen) atoms. The number of nitrogens with one attached hydrogen (secondary N) is 1. The summed E-state index contributed by atoms with van der Waals surface area (Å²) in [6.45, 7) is 7.57. The number of hydrogen-bond acceptors (Lipinski definition) is 8. The van der Waals surface area contributed by atoms with Crippen molar-refractivity contribution >= 4 is 73.3 Å². The third kappa shape index (κ3) is 5.86. The van der Waals surface area contributed by atoms with E-state index in [9.17, 15) is 10.1 Å². The number of nitriles is 1. The summed E-state index contributed by atoms with van der Waals surface area (Å²) in [5.74, 6) is 0.675. The number of nitrogens with two attached hydrogens (primary N) is 1. The Hall–Kier alpha value is -2.19. The van der Waals surface area contributed by atoms with Gasteiger partial charge < -0.3 is 30.5 Å². The molecule has 2 fully saturated rings. The van der Waals surface area contributed by atoms with Crippen LogP contribution in [0.15, 0.2) is 10.5 Å². The summed E-state index contributed by atoms with van der Waals surface area (Å²) in [6.07, 6.45) is 1.03. The van der Waals surface area contributed by atoms with Gasteiger partial charge >= 0.3 is 6.09 Å². The minimum absolute atomic E-state index is 0.0418. The number of fused-ring (bicyclic) bond motifs is 1. The predicted octanol–water partition coefficient (Wildman–Crippen LogP) is 5.73. The fourth-order valence-electron chi connectivity index (χ4n) is 4.91. The SMILES string of the molecule is CN(C)C1CN(c2nc3c(Cl)c(Br)c(Cl)cc3c(N[C@H]3CCN(C(=O)OC(C)(C)C)[C@H](CC#N)C3)c2N)C1. The lowest BCUT2D eigenvalue weighted by Crippen LogP contribution is -2.58. The maximum absolute atomic E-state index is 12.8. The number of benzene rings is 1. The van der Waals surface area contributed by atoms with Gasteiger partial charge in [-0.05, 0) is 69.7 Å². The zero-order valence-electron chi connectivity index (χ0n) is 22.3. The lowest BCUT2D eigenvalue weighted by atomic mass is 9.95. The first kappa shape index (κ1) is 28.8. The zero-order valence-corrected chi connectivity index (χ0v) is 25.4. The van der Waals surface area contributed by atoms with Crippen molar-refractivity contribution in [3.63, 3.8) is 0 Å². The molecule has 2 aromatic rings. The number of hydrogen-bond donors (Lipinski definition) is 2. The molecule has 0 saturated carbocycles. The van der Waals surface area contributed by atoms with Crippen LogP contribution in [-0.4, -0.2) is 78.3 Å². The van der Waals surface area contributed by atoms with E-state index < -0.39 is 11.7 Å². The average molecular weight is 627 g/mol. The maximum Gasteiger partial charge on any atom is 0.410 e. The number of likely N-dealkylation sites (tertiary alicyclic amines) is 1. The van der Waals surface area contributed by atoms with E-state index in [1.807, 2.05) is 26.8 Å². The van der Waals surface area contributed by atoms with Crippen LogP contribution in [-0.2, 0) is 4.74 Å². The van der Waals surface area contributed by atoms with Gasteiger partial charge in [0.05, 0.1) is 43.9 Å². The predicted molar refractivity (Wildman–Crippen MR) is 157 cm³/mol. The molecule has 0 unspecified atom stereocenters. The van der Waals surface area contributed by atoms with Crippen LogP contribution in [0.2, 0.25) is 10.0 Å². The van der Waals surface area contributed by atoms with Crippen LogP contribution in [0.4, 0.5) is 22.0 Å². The molecule has 2 aliphatic heterocycles. The summed E-state index contributed by atoms with van der Waals surface area (Å²) in [5, 5.41) is 14.7. The fraction of sp³-hybridized carbons (Fsp3) is 0.577. The molecule has 2 atom stereocenters. The van der Waals surface area contributed by atoms with E-state index in [0.717, 1.165) is 18.5 Å². The Morgan fingerprint density at radius 3 is 2.66 bits per heavy atom. The number of rotatable bonds is 5. The lowest BCUT2D eigenvalue weighted by Gasteiger charge is -2.44. The highest BCUT2D eigenvalue weighted by molar-refractivity contribution is 9.10. The molecule has 0 radical (unpaired) electrons. The third-order valence-corrected chi connectivity index (χ3v) is 8.99. The van der Waals surface area contributed by atoms with Crippen molar-refractivity contribution in [2.45, 2.75) is 63.8 Å². The number of pyridine rings is 1. The first-order valence-electron chi connectivity index (χ1n) is 12.6. The topological polar surface area (TPSA) is 111 Å². The van der Waals surface area contributed by atoms with Crippen LogP contribution in [0, 0.1) is 11.3 Å². The summed E-state index contributed by atoms with van der Waals surface area (Å²) < 4.78 is 6.17. The first-order chi connectivity index (χ1) is 17.8. The van der Waals surface area contributed by atoms with E-state index in [-0.39, 0.29) is 18.5 Å². The van der Waals surface area contributed by atoms with Crippen molar-refractivity contribution in [3.05, 3.63) is 20.6 Å². The Morgan fingerprint density at radius 1 is 1.37 bits per heavy atom. The van der Waals surface area contributed by atoms with Gasteiger partial charge in [-0.2, -0.15) is 5.26 Å². The summed E-state index contributed by atoms with van der Waals surface area (Å²) in [6, 6.07) is 4.12. The summed E-state index contributed by atoms with van der Waals surface area (Å²) in [5.41, 5.74) is 7.98. The number of nitrogen functional groups attached to an aromatic ring is 1. The van der Waals surface area contributed by atoms with Crippen molar-refractivity contribution in [1.82, 2.24) is 14.8 Å². The number of anilines is 3. The Balaban J connectivity index is 1.67. The van der Waals surface area contributed by atoms with Gasteiger partial charge in [-0.25, -0.2) is 9.78 Å². The normalized spacial score (nSPS) is 20.4. The molecule has 3 heterocycles. The monoisotopic (exact) mass is 625 g/mol. The molecule has 1 aromatic heterocycles. The lowest BCUT2D eigenvalue weighted by molar-refractivity contribution is 0.00954. The summed E-state index contributed by atoms with van der Waals surface area (Å²) >= 11 is 16.7. The highest BCUT2D eigenvalue weighted by atomic mass is 79.9. The van der Waals surface area contributed by atoms with Crippen molar-refractivity contribution in [1.29, 1.82) is 5.26 Å². The fourth-order valence-corrected chi connectivity index (χ4v) is 5.71. The standard InChI is InChI=1S/C26H34BrCl2N7O2/c1-26(2,3)38-25(37)36-9-7-14(10-15(36)6-8-30)32-23-17-11-18(28)19(27)20(29)22(17)33-24(21(23)31)35-12-16(13-35)34(4)5/h11,14-16H,6-7,9-10,12-13,31H2,1-5H3,(H,32,33)/t14-,15+/m0/s1. The number of piperidine rings is 1. The number of amides is 1. The third-order valence-electron chi connectivity index (χ3n) is 7.05. The van der Waals surface area contributed by atoms with Crippen LogP contribution in [0.25, 0.3) is 10.9 Å². The van der Waals surface area contributed by atoms with Gasteiger partial charge in [-0.3, -0.25) is 0 Å². The number of carbonyl (C=O) groups is 1. The molecule has 206 valence electrons. The molecule has 0 bridgehead atoms. The quantitative estimate of drug-likeness (QED) is 0.405. The molecule has 2 aliphatic rings. The number of nitrogens with zero attached hydrogens (tertiary/aromatic N) is 5. The van der Waals surface area contributed by atoms with Crippen LogP contribution in [0.3, 0.4) is 0 Å². The van der Waals surface area contributed by atoms with Gasteiger partial charge in [-0.15, -0.1) is 0 Å². The minimum atomic E-state index is -0.612. The van der Waals surface area contributed by atoms with Gasteiger partial charge in [0.1, 0.15) is 5.60 Å². The molecule has 1 aromatic carbocycles. The molecular formula is C26H34BrCl2N7O2. The van der Waals surface area contributed by atoms with Crippen molar-refractivity contribution in [2.75, 3.05) is 49.7 Å². The van der Waals surface area contributed by atoms with E-state index >= 15 is 0 Å². The summed E-state index contributed by atoms with van der Waals surface area (Å²) in [7, 11) is 4.12. The summed E-state index contributed by atoms with van der Waals surface area (Å²) in [4.78, 5) is 23.7. The van der Waals surface area contributed by atoms with Crippen LogP contribution in [0.5, 0.6) is 0 Å². The molecule has 3 N–H and O–H groups in total. The molecule has 12 heteroatoms. The average Bonchev–Trinajstić information content (AvgIpc) is 2.78. The highest BCUT2D eigenvalue weighted by Crippen LogP contribution is 2.45. The molecule has 2 saturated heterocycles. The molecule has 0 spiro atoms. The zero-order chi connectivity index (χ0) is 27.9. The van der Waals surface area contributed by atoms with E-state index in [1.165, 1.54) is 0 Å². The molecular weight excluding hydrogens is 593 g/mol. The smallest absolute Gasteiger partial charge is 0.410 e. The molecule has 9 nitrogen and oxygen atoms in total. The van der Waals surface area contributed by atoms with Crippen molar-refractivity contribution in [3.8, 4) is 6.07 Å². The van der Waals surface area contributed by atoms with E-state index in [0.29, 0.717) is 62.7 Å². The van der Waals surface area contributed by atoms with Crippen molar-refractivity contribution in [2.24, 2.45) is 0 Å². The number of halogens is 3. The van der Waals surface area contributed by atoms with Crippen LogP contribution < -0.4 is 16.0 Å². The molecule has 0 aliphatic carbocycles. The van der Waals surface area contributed by atoms with E-state index in [1.54, 1.807) is 4.90 Å². The Bertz CT molecular complexity index is 1270. The first-order valence-corrected chi connectivity index (χ1v) is 14.2. The highest BCUT2D eigenvalue weighted by Gasteiger charge is 2.36. The van der Waals surface area contributed by atoms with Crippen molar-refractivity contribution < 1.29 is 9.53 Å². The number of carbonyl (C=O) groups excluding carboxylic acids is 1. The van der Waals surface area contributed by atoms with E-state index in [2.05, 4.69) is 51.2 Å². The Kier molecular flexibility index (Phi) is 8.43. The second-order valence-electron chi connectivity index (χ2n) is 11.2. The van der Waals surface area contributed by atoms with Gasteiger partial charge in [-0.1, -0.05) is 23.2 Å². The number of aromatic nitrogens is 1. The van der Waals surface area contributed by atoms with Gasteiger partial charge in [0.2, 0.25) is 0 Å². The molecule has 1 amide bonds. The molecule has 4 rings (SSSR count). The van der Waals surface area contributed by atoms with Gasteiger partial charge in [0.15, 0.2) is 5.82 Å². The Labute approximate surface area is 242 Å². The van der Waals surface area contributed by atoms with Gasteiger partial charge in [0, 0.05) is 43.1 Å². The Morgan fingerprint density at radius 2 is 2.05 bits per heavy atom. The van der Waals surface area contributed by atoms with Crippen LogP contribution >= 0.6 is 39.1 Å². The number of likely N-dealkylation sites (N-methyl/N-ethyl adjacent to an activating group) is 1. The van der Waals surface area contributed by atoms with E-state index in [4.69, 9.17) is 38.7 Å². The largest absolute Gasteiger partial charge is 0.444 e. The minimum Gasteiger partial charge on any atom is -0.444 e. The maximum atomic E-state index is 12.8. The van der Waals surface area contributed by atoms with Gasteiger partial charge in [0.25, 0.3) is 0 Å². The second kappa shape index (κ2) is 11.1.